The molecule has 4 unspecified atom stereocenters. The van der Waals surface area contributed by atoms with Gasteiger partial charge in [0.2, 0.25) is 0 Å². The van der Waals surface area contributed by atoms with Crippen molar-refractivity contribution in [1.82, 2.24) is 0 Å². The molecule has 0 heterocycles. The fraction of sp³-hybridized carbons (Fsp3) is 1.00. The zero-order valence-electron chi connectivity index (χ0n) is 30.3. The number of hydrogen-bond donors (Lipinski definition) is 0. The van der Waals surface area contributed by atoms with Gasteiger partial charge in [-0.2, -0.15) is 0 Å². The molecule has 0 aromatic heterocycles. The highest BCUT2D eigenvalue weighted by Gasteiger charge is 2.26. The summed E-state index contributed by atoms with van der Waals surface area (Å²) in [6.07, 6.45) is 37.3. The molecule has 1 nitrogen and oxygen atoms in total. The molecule has 0 rings (SSSR count). The molecule has 0 N–H and O–H groups in total. The summed E-state index contributed by atoms with van der Waals surface area (Å²) in [5, 5.41) is 0. The number of hydrogen-bond acceptors (Lipinski definition) is 1. The van der Waals surface area contributed by atoms with Crippen molar-refractivity contribution in [2.45, 2.75) is 235 Å². The third kappa shape index (κ3) is 27.3. The topological polar surface area (TPSA) is 9.23 Å². The third-order valence-electron chi connectivity index (χ3n) is 9.49. The van der Waals surface area contributed by atoms with Gasteiger partial charge >= 0.3 is 0 Å². The number of ether oxygens (including phenoxy) is 1. The molecule has 248 valence electrons. The van der Waals surface area contributed by atoms with Gasteiger partial charge in [-0.1, -0.05) is 197 Å². The normalized spacial score (nSPS) is 15.1. The lowest BCUT2D eigenvalue weighted by Gasteiger charge is -2.34. The van der Waals surface area contributed by atoms with Crippen LogP contribution in [0.3, 0.4) is 0 Å². The van der Waals surface area contributed by atoms with Gasteiger partial charge in [0.05, 0.1) is 12.2 Å². The van der Waals surface area contributed by atoms with Crippen LogP contribution >= 0.6 is 0 Å². The van der Waals surface area contributed by atoms with Gasteiger partial charge in [-0.25, -0.2) is 0 Å². The van der Waals surface area contributed by atoms with Crippen LogP contribution in [0.5, 0.6) is 0 Å². The summed E-state index contributed by atoms with van der Waals surface area (Å²) in [7, 11) is 0. The third-order valence-corrected chi connectivity index (χ3v) is 9.49. The molecule has 0 radical (unpaired) electrons. The van der Waals surface area contributed by atoms with E-state index in [9.17, 15) is 0 Å². The van der Waals surface area contributed by atoms with E-state index in [1.165, 1.54) is 167 Å². The minimum Gasteiger partial charge on any atom is -0.374 e. The molecule has 0 aliphatic carbocycles. The van der Waals surface area contributed by atoms with Crippen molar-refractivity contribution in [2.24, 2.45) is 23.7 Å². The Morgan fingerprint density at radius 2 is 0.585 bits per heavy atom. The standard InChI is InChI=1S/C40H82O/c1-9-11-13-15-17-19-21-23-25-27-29-31-39(37(7)33-35(3)4)41-40(38(8)34-36(5)6)32-30-28-26-24-22-20-18-16-14-12-10-2/h35-40H,9-34H2,1-8H3. The quantitative estimate of drug-likeness (QED) is 0.0721. The van der Waals surface area contributed by atoms with E-state index >= 15 is 0 Å². The van der Waals surface area contributed by atoms with Crippen molar-refractivity contribution in [2.75, 3.05) is 0 Å². The first kappa shape index (κ1) is 41.0. The van der Waals surface area contributed by atoms with Crippen LogP contribution in [0.1, 0.15) is 222 Å². The van der Waals surface area contributed by atoms with Crippen molar-refractivity contribution in [3.8, 4) is 0 Å². The van der Waals surface area contributed by atoms with Crippen LogP contribution in [0.25, 0.3) is 0 Å². The molecular weight excluding hydrogens is 496 g/mol. The molecule has 0 fully saturated rings. The fourth-order valence-electron chi connectivity index (χ4n) is 7.01. The molecule has 0 aromatic carbocycles. The van der Waals surface area contributed by atoms with Gasteiger partial charge in [-0.15, -0.1) is 0 Å². The molecule has 1 heteroatoms. The van der Waals surface area contributed by atoms with E-state index in [0.717, 1.165) is 11.8 Å². The summed E-state index contributed by atoms with van der Waals surface area (Å²) in [6.45, 7) is 19.1. The number of unbranched alkanes of at least 4 members (excludes halogenated alkanes) is 20. The van der Waals surface area contributed by atoms with Crippen LogP contribution in [0.2, 0.25) is 0 Å². The van der Waals surface area contributed by atoms with Gasteiger partial charge in [0.15, 0.2) is 0 Å². The zero-order chi connectivity index (χ0) is 30.6. The Bertz CT molecular complexity index is 453. The van der Waals surface area contributed by atoms with Crippen LogP contribution in [-0.2, 0) is 4.74 Å². The Kier molecular flexibility index (Phi) is 30.0. The van der Waals surface area contributed by atoms with Gasteiger partial charge in [-0.3, -0.25) is 0 Å². The van der Waals surface area contributed by atoms with Crippen molar-refractivity contribution in [3.05, 3.63) is 0 Å². The lowest BCUT2D eigenvalue weighted by Crippen LogP contribution is -2.33. The Morgan fingerprint density at radius 3 is 0.829 bits per heavy atom. The highest BCUT2D eigenvalue weighted by molar-refractivity contribution is 4.75. The molecule has 4 atom stereocenters. The second kappa shape index (κ2) is 30.0. The summed E-state index contributed by atoms with van der Waals surface area (Å²) in [5.74, 6) is 2.85. The second-order valence-electron chi connectivity index (χ2n) is 15.1. The predicted octanol–water partition coefficient (Wildman–Crippen LogP) is 14.5. The van der Waals surface area contributed by atoms with E-state index < -0.39 is 0 Å². The van der Waals surface area contributed by atoms with E-state index in [2.05, 4.69) is 55.4 Å². The Hall–Kier alpha value is -0.0400. The highest BCUT2D eigenvalue weighted by Crippen LogP contribution is 2.29. The maximum Gasteiger partial charge on any atom is 0.0604 e. The molecule has 41 heavy (non-hydrogen) atoms. The first-order valence-electron chi connectivity index (χ1n) is 19.5. The van der Waals surface area contributed by atoms with Crippen LogP contribution in [0.4, 0.5) is 0 Å². The smallest absolute Gasteiger partial charge is 0.0604 e. The van der Waals surface area contributed by atoms with Crippen molar-refractivity contribution in [1.29, 1.82) is 0 Å². The summed E-state index contributed by atoms with van der Waals surface area (Å²) < 4.78 is 7.16. The molecule has 0 saturated heterocycles. The minimum atomic E-state index is 0.447. The molecule has 0 saturated carbocycles. The monoisotopic (exact) mass is 579 g/mol. The van der Waals surface area contributed by atoms with Crippen molar-refractivity contribution < 1.29 is 4.74 Å². The highest BCUT2D eigenvalue weighted by atomic mass is 16.5. The van der Waals surface area contributed by atoms with E-state index in [1.807, 2.05) is 0 Å². The first-order valence-corrected chi connectivity index (χ1v) is 19.5. The van der Waals surface area contributed by atoms with Crippen molar-refractivity contribution >= 4 is 0 Å². The lowest BCUT2D eigenvalue weighted by molar-refractivity contribution is -0.0772. The van der Waals surface area contributed by atoms with Gasteiger partial charge in [0.1, 0.15) is 0 Å². The summed E-state index contributed by atoms with van der Waals surface area (Å²) in [6, 6.07) is 0. The molecule has 0 spiro atoms. The molecule has 0 aliphatic heterocycles. The molecule has 0 amide bonds. The predicted molar refractivity (Wildman–Crippen MR) is 188 cm³/mol. The maximum atomic E-state index is 7.16. The van der Waals surface area contributed by atoms with E-state index in [4.69, 9.17) is 4.74 Å². The van der Waals surface area contributed by atoms with Gasteiger partial charge in [0.25, 0.3) is 0 Å². The van der Waals surface area contributed by atoms with Gasteiger partial charge in [-0.05, 0) is 49.4 Å². The fourth-order valence-corrected chi connectivity index (χ4v) is 7.01. The average molecular weight is 579 g/mol. The summed E-state index contributed by atoms with van der Waals surface area (Å²) >= 11 is 0. The second-order valence-corrected chi connectivity index (χ2v) is 15.1. The van der Waals surface area contributed by atoms with Crippen LogP contribution in [0.15, 0.2) is 0 Å². The maximum absolute atomic E-state index is 7.16. The zero-order valence-corrected chi connectivity index (χ0v) is 30.3. The largest absolute Gasteiger partial charge is 0.374 e. The molecule has 0 bridgehead atoms. The first-order chi connectivity index (χ1) is 19.8. The number of rotatable bonds is 32. The molecule has 0 aliphatic rings. The molecule has 0 aromatic rings. The van der Waals surface area contributed by atoms with E-state index in [1.54, 1.807) is 0 Å². The van der Waals surface area contributed by atoms with Gasteiger partial charge in [0, 0.05) is 0 Å². The Balaban J connectivity index is 4.57. The Morgan fingerprint density at radius 1 is 0.341 bits per heavy atom. The van der Waals surface area contributed by atoms with Crippen LogP contribution in [-0.4, -0.2) is 12.2 Å². The van der Waals surface area contributed by atoms with Crippen LogP contribution < -0.4 is 0 Å². The van der Waals surface area contributed by atoms with Gasteiger partial charge < -0.3 is 4.74 Å². The average Bonchev–Trinajstić information content (AvgIpc) is 2.92. The Labute approximate surface area is 262 Å². The van der Waals surface area contributed by atoms with E-state index in [0.29, 0.717) is 24.0 Å². The minimum absolute atomic E-state index is 0.447. The summed E-state index contributed by atoms with van der Waals surface area (Å²) in [4.78, 5) is 0. The summed E-state index contributed by atoms with van der Waals surface area (Å²) in [5.41, 5.74) is 0. The van der Waals surface area contributed by atoms with E-state index in [-0.39, 0.29) is 0 Å². The lowest BCUT2D eigenvalue weighted by atomic mass is 9.88. The SMILES string of the molecule is CCCCCCCCCCCCCC(OC(CCCCCCCCCCCCC)C(C)CC(C)C)C(C)CC(C)C. The van der Waals surface area contributed by atoms with Crippen molar-refractivity contribution in [3.63, 3.8) is 0 Å². The van der Waals surface area contributed by atoms with Crippen LogP contribution in [0, 0.1) is 23.7 Å². The molecular formula is C40H82O.